The summed E-state index contributed by atoms with van der Waals surface area (Å²) in [6, 6.07) is 0. The lowest BCUT2D eigenvalue weighted by atomic mass is 9.96. The van der Waals surface area contributed by atoms with Gasteiger partial charge in [-0.15, -0.1) is 6.42 Å². The van der Waals surface area contributed by atoms with Gasteiger partial charge in [0, 0.05) is 5.41 Å². The lowest BCUT2D eigenvalue weighted by Gasteiger charge is -2.11. The largest absolute Gasteiger partial charge is 0.250 e. The Morgan fingerprint density at radius 3 is 2.47 bits per heavy atom. The summed E-state index contributed by atoms with van der Waals surface area (Å²) in [5.74, 6) is 2.17. The van der Waals surface area contributed by atoms with Crippen molar-refractivity contribution >= 4 is 9.84 Å². The van der Waals surface area contributed by atoms with Crippen molar-refractivity contribution < 1.29 is 8.42 Å². The number of aromatic nitrogens is 3. The number of nitrogens with zero attached hydrogens (tertiary/aromatic N) is 2. The number of hydrogen-bond donors (Lipinski definition) is 1. The third kappa shape index (κ3) is 2.57. The summed E-state index contributed by atoms with van der Waals surface area (Å²) in [7, 11) is -3.52. The molecule has 6 heteroatoms. The van der Waals surface area contributed by atoms with Crippen LogP contribution in [0.1, 0.15) is 26.6 Å². The molecule has 0 bridgehead atoms. The highest BCUT2D eigenvalue weighted by molar-refractivity contribution is 7.91. The highest BCUT2D eigenvalue weighted by atomic mass is 32.2. The molecule has 0 radical (unpaired) electrons. The minimum Gasteiger partial charge on any atom is -0.250 e. The molecule has 82 valence electrons. The molecule has 1 aromatic heterocycles. The van der Waals surface area contributed by atoms with Gasteiger partial charge in [0.25, 0.3) is 0 Å². The lowest BCUT2D eigenvalue weighted by molar-refractivity contribution is 0.546. The second-order valence-corrected chi connectivity index (χ2v) is 6.08. The molecule has 0 saturated carbocycles. The van der Waals surface area contributed by atoms with E-state index < -0.39 is 9.84 Å². The van der Waals surface area contributed by atoms with Gasteiger partial charge < -0.3 is 0 Å². The SMILES string of the molecule is C#CCS(=O)(=O)c1nc(C(C)(C)C)n[nH]1. The molecular weight excluding hydrogens is 214 g/mol. The zero-order chi connectivity index (χ0) is 11.7. The monoisotopic (exact) mass is 227 g/mol. The maximum absolute atomic E-state index is 11.5. The van der Waals surface area contributed by atoms with E-state index in [2.05, 4.69) is 21.1 Å². The summed E-state index contributed by atoms with van der Waals surface area (Å²) < 4.78 is 23.0. The number of nitrogens with one attached hydrogen (secondary N) is 1. The molecule has 1 rings (SSSR count). The first-order valence-electron chi connectivity index (χ1n) is 4.36. The van der Waals surface area contributed by atoms with E-state index in [1.165, 1.54) is 0 Å². The van der Waals surface area contributed by atoms with Crippen LogP contribution in [0.5, 0.6) is 0 Å². The van der Waals surface area contributed by atoms with Crippen LogP contribution < -0.4 is 0 Å². The first-order valence-corrected chi connectivity index (χ1v) is 6.02. The van der Waals surface area contributed by atoms with Gasteiger partial charge in [0.15, 0.2) is 5.82 Å². The van der Waals surface area contributed by atoms with Crippen molar-refractivity contribution in [2.75, 3.05) is 5.75 Å². The third-order valence-electron chi connectivity index (χ3n) is 1.70. The average Bonchev–Trinajstić information content (AvgIpc) is 2.50. The number of hydrogen-bond acceptors (Lipinski definition) is 4. The number of H-pyrrole nitrogens is 1. The van der Waals surface area contributed by atoms with E-state index in [1.54, 1.807) is 0 Å². The fourth-order valence-corrected chi connectivity index (χ4v) is 1.67. The first kappa shape index (κ1) is 11.7. The van der Waals surface area contributed by atoms with Crippen LogP contribution in [0.4, 0.5) is 0 Å². The highest BCUT2D eigenvalue weighted by Gasteiger charge is 2.24. The van der Waals surface area contributed by atoms with Gasteiger partial charge in [-0.3, -0.25) is 0 Å². The van der Waals surface area contributed by atoms with E-state index in [0.717, 1.165) is 0 Å². The molecule has 0 saturated heterocycles. The molecule has 0 amide bonds. The number of sulfone groups is 1. The molecule has 15 heavy (non-hydrogen) atoms. The van der Waals surface area contributed by atoms with Gasteiger partial charge >= 0.3 is 0 Å². The van der Waals surface area contributed by atoms with Crippen molar-refractivity contribution in [3.63, 3.8) is 0 Å². The Hall–Kier alpha value is -1.35. The van der Waals surface area contributed by atoms with Crippen molar-refractivity contribution in [2.24, 2.45) is 0 Å². The normalized spacial score (nSPS) is 12.4. The maximum atomic E-state index is 11.5. The van der Waals surface area contributed by atoms with Crippen LogP contribution in [0, 0.1) is 12.3 Å². The predicted molar refractivity (Wildman–Crippen MR) is 56.0 cm³/mol. The average molecular weight is 227 g/mol. The van der Waals surface area contributed by atoms with Crippen LogP contribution in [0.15, 0.2) is 5.16 Å². The Balaban J connectivity index is 3.12. The van der Waals surface area contributed by atoms with Crippen LogP contribution in [-0.4, -0.2) is 29.4 Å². The summed E-state index contributed by atoms with van der Waals surface area (Å²) in [5.41, 5.74) is -0.291. The molecule has 0 atom stereocenters. The second kappa shape index (κ2) is 3.66. The first-order chi connectivity index (χ1) is 6.77. The van der Waals surface area contributed by atoms with Crippen molar-refractivity contribution in [3.05, 3.63) is 5.82 Å². The lowest BCUT2D eigenvalue weighted by Crippen LogP contribution is -2.14. The Bertz CT molecular complexity index is 488. The summed E-state index contributed by atoms with van der Waals surface area (Å²) in [6.07, 6.45) is 4.95. The van der Waals surface area contributed by atoms with Gasteiger partial charge in [-0.25, -0.2) is 18.5 Å². The maximum Gasteiger partial charge on any atom is 0.244 e. The van der Waals surface area contributed by atoms with E-state index in [-0.39, 0.29) is 16.3 Å². The molecule has 0 spiro atoms. The smallest absolute Gasteiger partial charge is 0.244 e. The van der Waals surface area contributed by atoms with Crippen molar-refractivity contribution in [2.45, 2.75) is 31.3 Å². The topological polar surface area (TPSA) is 75.7 Å². The summed E-state index contributed by atoms with van der Waals surface area (Å²) in [5, 5.41) is 6.08. The minimum atomic E-state index is -3.52. The Kier molecular flexibility index (Phi) is 2.86. The van der Waals surface area contributed by atoms with Gasteiger partial charge in [0.2, 0.25) is 15.0 Å². The van der Waals surface area contributed by atoms with Gasteiger partial charge in [-0.1, -0.05) is 26.7 Å². The summed E-state index contributed by atoms with van der Waals surface area (Å²) in [6.45, 7) is 5.69. The van der Waals surface area contributed by atoms with Gasteiger partial charge in [0.05, 0.1) is 0 Å². The summed E-state index contributed by atoms with van der Waals surface area (Å²) in [4.78, 5) is 3.92. The Labute approximate surface area is 89.2 Å². The number of rotatable bonds is 2. The van der Waals surface area contributed by atoms with Gasteiger partial charge in [0.1, 0.15) is 5.75 Å². The molecule has 1 aromatic rings. The zero-order valence-electron chi connectivity index (χ0n) is 8.90. The number of terminal acetylenes is 1. The molecule has 0 aliphatic carbocycles. The third-order valence-corrected chi connectivity index (χ3v) is 3.02. The highest BCUT2D eigenvalue weighted by Crippen LogP contribution is 2.18. The quantitative estimate of drug-likeness (QED) is 0.747. The molecule has 0 aliphatic rings. The van der Waals surface area contributed by atoms with Crippen molar-refractivity contribution in [1.82, 2.24) is 15.2 Å². The zero-order valence-corrected chi connectivity index (χ0v) is 9.72. The molecule has 5 nitrogen and oxygen atoms in total. The van der Waals surface area contributed by atoms with Gasteiger partial charge in [-0.05, 0) is 0 Å². The van der Waals surface area contributed by atoms with E-state index in [0.29, 0.717) is 5.82 Å². The van der Waals surface area contributed by atoms with Crippen LogP contribution in [0.3, 0.4) is 0 Å². The molecule has 0 fully saturated rings. The van der Waals surface area contributed by atoms with Crippen LogP contribution >= 0.6 is 0 Å². The van der Waals surface area contributed by atoms with Crippen LogP contribution in [-0.2, 0) is 15.3 Å². The Morgan fingerprint density at radius 1 is 1.47 bits per heavy atom. The standard InChI is InChI=1S/C9H13N3O2S/c1-5-6-15(13,14)8-10-7(11-12-8)9(2,3)4/h1H,6H2,2-4H3,(H,10,11,12). The molecule has 0 unspecified atom stereocenters. The van der Waals surface area contributed by atoms with Crippen LogP contribution in [0.25, 0.3) is 0 Å². The van der Waals surface area contributed by atoms with E-state index >= 15 is 0 Å². The van der Waals surface area contributed by atoms with E-state index in [1.807, 2.05) is 20.8 Å². The fourth-order valence-electron chi connectivity index (χ4n) is 0.900. The van der Waals surface area contributed by atoms with Crippen molar-refractivity contribution in [1.29, 1.82) is 0 Å². The van der Waals surface area contributed by atoms with Crippen molar-refractivity contribution in [3.8, 4) is 12.3 Å². The fraction of sp³-hybridized carbons (Fsp3) is 0.556. The predicted octanol–water partition coefficient (Wildman–Crippen LogP) is 0.509. The minimum absolute atomic E-state index is 0.162. The molecule has 1 heterocycles. The summed E-state index contributed by atoms with van der Waals surface area (Å²) >= 11 is 0. The second-order valence-electron chi connectivity index (χ2n) is 4.18. The van der Waals surface area contributed by atoms with E-state index in [4.69, 9.17) is 6.42 Å². The molecule has 1 N–H and O–H groups in total. The molecule has 0 aliphatic heterocycles. The number of aromatic amines is 1. The van der Waals surface area contributed by atoms with Crippen LogP contribution in [0.2, 0.25) is 0 Å². The Morgan fingerprint density at radius 2 is 2.07 bits per heavy atom. The molecular formula is C9H13N3O2S. The van der Waals surface area contributed by atoms with Gasteiger partial charge in [-0.2, -0.15) is 5.10 Å². The molecule has 0 aromatic carbocycles. The van der Waals surface area contributed by atoms with E-state index in [9.17, 15) is 8.42 Å².